The molecule has 0 radical (unpaired) electrons. The third kappa shape index (κ3) is 3.23. The molecule has 0 bridgehead atoms. The number of nitrogens with zero attached hydrogens (tertiary/aromatic N) is 1. The van der Waals surface area contributed by atoms with Gasteiger partial charge in [-0.2, -0.15) is 0 Å². The van der Waals surface area contributed by atoms with E-state index in [1.807, 2.05) is 18.3 Å². The highest BCUT2D eigenvalue weighted by Crippen LogP contribution is 2.32. The maximum Gasteiger partial charge on any atom is 0.126 e. The highest BCUT2D eigenvalue weighted by molar-refractivity contribution is 9.10. The Morgan fingerprint density at radius 3 is 2.83 bits per heavy atom. The molecule has 3 nitrogen and oxygen atoms in total. The lowest BCUT2D eigenvalue weighted by molar-refractivity contribution is -0.0864. The average molecular weight is 313 g/mol. The second-order valence-electron chi connectivity index (χ2n) is 4.93. The van der Waals surface area contributed by atoms with Gasteiger partial charge in [0, 0.05) is 23.3 Å². The SMILES string of the molecule is CCC1(CC)CC(Nc2ccc(Br)cn2)CCO1. The van der Waals surface area contributed by atoms with Crippen LogP contribution in [0.15, 0.2) is 22.8 Å². The van der Waals surface area contributed by atoms with Crippen LogP contribution in [0.4, 0.5) is 5.82 Å². The van der Waals surface area contributed by atoms with E-state index in [1.165, 1.54) is 0 Å². The highest BCUT2D eigenvalue weighted by Gasteiger charge is 2.34. The number of rotatable bonds is 4. The number of halogens is 1. The molecule has 1 N–H and O–H groups in total. The summed E-state index contributed by atoms with van der Waals surface area (Å²) in [6, 6.07) is 4.49. The fourth-order valence-corrected chi connectivity index (χ4v) is 2.80. The standard InChI is InChI=1S/C14H21BrN2O/c1-3-14(4-2)9-12(7-8-18-14)17-13-6-5-11(15)10-16-13/h5-6,10,12H,3-4,7-9H2,1-2H3,(H,16,17). The molecule has 0 spiro atoms. The van der Waals surface area contributed by atoms with Crippen LogP contribution in [0.5, 0.6) is 0 Å². The molecule has 100 valence electrons. The van der Waals surface area contributed by atoms with Gasteiger partial charge in [0.15, 0.2) is 0 Å². The van der Waals surface area contributed by atoms with Crippen molar-refractivity contribution in [3.63, 3.8) is 0 Å². The Bertz CT molecular complexity index is 376. The Morgan fingerprint density at radius 2 is 2.22 bits per heavy atom. The largest absolute Gasteiger partial charge is 0.375 e. The molecule has 0 aromatic carbocycles. The molecule has 1 aromatic heterocycles. The summed E-state index contributed by atoms with van der Waals surface area (Å²) < 4.78 is 6.99. The molecule has 1 aliphatic rings. The molecule has 1 fully saturated rings. The number of aromatic nitrogens is 1. The minimum atomic E-state index is 0.0608. The minimum Gasteiger partial charge on any atom is -0.375 e. The molecule has 1 atom stereocenters. The molecular formula is C14H21BrN2O. The molecular weight excluding hydrogens is 292 g/mol. The maximum absolute atomic E-state index is 5.98. The first-order valence-corrected chi connectivity index (χ1v) is 7.49. The molecule has 1 aliphatic heterocycles. The van der Waals surface area contributed by atoms with E-state index in [9.17, 15) is 0 Å². The van der Waals surface area contributed by atoms with Crippen LogP contribution in [0.1, 0.15) is 39.5 Å². The van der Waals surface area contributed by atoms with Gasteiger partial charge in [-0.1, -0.05) is 13.8 Å². The molecule has 4 heteroatoms. The van der Waals surface area contributed by atoms with E-state index in [0.717, 1.165) is 42.6 Å². The number of hydrogen-bond acceptors (Lipinski definition) is 3. The summed E-state index contributed by atoms with van der Waals surface area (Å²) >= 11 is 3.40. The van der Waals surface area contributed by atoms with E-state index >= 15 is 0 Å². The number of nitrogens with one attached hydrogen (secondary N) is 1. The van der Waals surface area contributed by atoms with Crippen molar-refractivity contribution in [3.8, 4) is 0 Å². The van der Waals surface area contributed by atoms with Gasteiger partial charge in [0.1, 0.15) is 5.82 Å². The second-order valence-corrected chi connectivity index (χ2v) is 5.85. The van der Waals surface area contributed by atoms with Crippen molar-refractivity contribution >= 4 is 21.7 Å². The van der Waals surface area contributed by atoms with Crippen LogP contribution in [0.2, 0.25) is 0 Å². The van der Waals surface area contributed by atoms with Crippen molar-refractivity contribution in [2.75, 3.05) is 11.9 Å². The summed E-state index contributed by atoms with van der Waals surface area (Å²) in [6.07, 6.45) is 6.11. The zero-order valence-corrected chi connectivity index (χ0v) is 12.7. The fraction of sp³-hybridized carbons (Fsp3) is 0.643. The lowest BCUT2D eigenvalue weighted by Crippen LogP contribution is -2.43. The van der Waals surface area contributed by atoms with Crippen LogP contribution < -0.4 is 5.32 Å². The molecule has 0 amide bonds. The first kappa shape index (κ1) is 13.8. The van der Waals surface area contributed by atoms with Gasteiger partial charge >= 0.3 is 0 Å². The van der Waals surface area contributed by atoms with E-state index in [4.69, 9.17) is 4.74 Å². The lowest BCUT2D eigenvalue weighted by Gasteiger charge is -2.40. The van der Waals surface area contributed by atoms with Crippen LogP contribution >= 0.6 is 15.9 Å². The van der Waals surface area contributed by atoms with Crippen LogP contribution in [0.25, 0.3) is 0 Å². The normalized spacial score (nSPS) is 22.7. The smallest absolute Gasteiger partial charge is 0.126 e. The Labute approximate surface area is 117 Å². The maximum atomic E-state index is 5.98. The molecule has 1 unspecified atom stereocenters. The first-order chi connectivity index (χ1) is 8.67. The van der Waals surface area contributed by atoms with Gasteiger partial charge < -0.3 is 10.1 Å². The van der Waals surface area contributed by atoms with E-state index in [2.05, 4.69) is 40.1 Å². The van der Waals surface area contributed by atoms with E-state index < -0.39 is 0 Å². The molecule has 0 saturated carbocycles. The van der Waals surface area contributed by atoms with Gasteiger partial charge in [-0.3, -0.25) is 0 Å². The first-order valence-electron chi connectivity index (χ1n) is 6.69. The number of ether oxygens (including phenoxy) is 1. The van der Waals surface area contributed by atoms with Gasteiger partial charge in [-0.15, -0.1) is 0 Å². The molecule has 0 aliphatic carbocycles. The molecule has 18 heavy (non-hydrogen) atoms. The molecule has 2 rings (SSSR count). The van der Waals surface area contributed by atoms with Gasteiger partial charge in [-0.05, 0) is 53.7 Å². The van der Waals surface area contributed by atoms with Crippen molar-refractivity contribution in [1.82, 2.24) is 4.98 Å². The number of hydrogen-bond donors (Lipinski definition) is 1. The number of anilines is 1. The summed E-state index contributed by atoms with van der Waals surface area (Å²) in [7, 11) is 0. The molecule has 2 heterocycles. The minimum absolute atomic E-state index is 0.0608. The van der Waals surface area contributed by atoms with Gasteiger partial charge in [-0.25, -0.2) is 4.98 Å². The van der Waals surface area contributed by atoms with Crippen molar-refractivity contribution in [2.24, 2.45) is 0 Å². The lowest BCUT2D eigenvalue weighted by atomic mass is 9.86. The monoisotopic (exact) mass is 312 g/mol. The second kappa shape index (κ2) is 6.02. The van der Waals surface area contributed by atoms with Crippen molar-refractivity contribution in [3.05, 3.63) is 22.8 Å². The summed E-state index contributed by atoms with van der Waals surface area (Å²) in [5, 5.41) is 3.52. The third-order valence-electron chi connectivity index (χ3n) is 3.86. The summed E-state index contributed by atoms with van der Waals surface area (Å²) in [5.41, 5.74) is 0.0608. The highest BCUT2D eigenvalue weighted by atomic mass is 79.9. The van der Waals surface area contributed by atoms with Crippen LogP contribution in [0, 0.1) is 0 Å². The van der Waals surface area contributed by atoms with E-state index in [-0.39, 0.29) is 5.60 Å². The Hall–Kier alpha value is -0.610. The van der Waals surface area contributed by atoms with Gasteiger partial charge in [0.25, 0.3) is 0 Å². The predicted octanol–water partition coefficient (Wildman–Crippen LogP) is 3.99. The molecule has 1 saturated heterocycles. The van der Waals surface area contributed by atoms with Crippen molar-refractivity contribution in [2.45, 2.75) is 51.2 Å². The third-order valence-corrected chi connectivity index (χ3v) is 4.33. The zero-order chi connectivity index (χ0) is 13.0. The van der Waals surface area contributed by atoms with Crippen LogP contribution in [-0.2, 0) is 4.74 Å². The summed E-state index contributed by atoms with van der Waals surface area (Å²) in [4.78, 5) is 4.37. The quantitative estimate of drug-likeness (QED) is 0.912. The zero-order valence-electron chi connectivity index (χ0n) is 11.1. The average Bonchev–Trinajstić information content (AvgIpc) is 2.41. The molecule has 1 aromatic rings. The summed E-state index contributed by atoms with van der Waals surface area (Å²) in [6.45, 7) is 5.27. The Morgan fingerprint density at radius 1 is 1.44 bits per heavy atom. The van der Waals surface area contributed by atoms with Crippen LogP contribution in [0.3, 0.4) is 0 Å². The van der Waals surface area contributed by atoms with Gasteiger partial charge in [0.2, 0.25) is 0 Å². The van der Waals surface area contributed by atoms with E-state index in [0.29, 0.717) is 6.04 Å². The van der Waals surface area contributed by atoms with Crippen molar-refractivity contribution in [1.29, 1.82) is 0 Å². The summed E-state index contributed by atoms with van der Waals surface area (Å²) in [5.74, 6) is 0.950. The topological polar surface area (TPSA) is 34.2 Å². The van der Waals surface area contributed by atoms with Gasteiger partial charge in [0.05, 0.1) is 5.60 Å². The Balaban J connectivity index is 1.99. The predicted molar refractivity (Wildman–Crippen MR) is 77.8 cm³/mol. The fourth-order valence-electron chi connectivity index (χ4n) is 2.56. The number of pyridine rings is 1. The van der Waals surface area contributed by atoms with Crippen molar-refractivity contribution < 1.29 is 4.74 Å². The van der Waals surface area contributed by atoms with Crippen LogP contribution in [-0.4, -0.2) is 23.2 Å². The Kier molecular flexibility index (Phi) is 4.62. The van der Waals surface area contributed by atoms with E-state index in [1.54, 1.807) is 0 Å².